The smallest absolute Gasteiger partial charge is 0.415 e. The number of rotatable bonds is 13. The Kier molecular flexibility index (Phi) is 11.0. The maximum atomic E-state index is 12.3. The molecule has 0 radical (unpaired) electrons. The van der Waals surface area contributed by atoms with Gasteiger partial charge in [-0.1, -0.05) is 20.8 Å². The van der Waals surface area contributed by atoms with E-state index in [1.807, 2.05) is 51.1 Å². The molecule has 10 heteroatoms. The molecule has 1 aromatic carbocycles. The summed E-state index contributed by atoms with van der Waals surface area (Å²) in [6.07, 6.45) is 1.21. The SMILES string of the molecule is CN(C(=O)OC(C)(C)C)c1ccc(-c2cc3cc(OCCOCCOCCO[Si](C)(C)C(C)(C)C)ccc3o2)cn1. The molecule has 0 fully saturated rings. The fourth-order valence-corrected chi connectivity index (χ4v) is 4.55. The fraction of sp³-hybridized carbons (Fsp3) is 0.548. The predicted octanol–water partition coefficient (Wildman–Crippen LogP) is 7.30. The molecule has 226 valence electrons. The molecule has 0 spiro atoms. The highest BCUT2D eigenvalue weighted by atomic mass is 28.4. The highest BCUT2D eigenvalue weighted by molar-refractivity contribution is 6.74. The molecule has 0 atom stereocenters. The lowest BCUT2D eigenvalue weighted by Gasteiger charge is -2.36. The standard InChI is InChI=1S/C31H46N2O7Si/c1-30(2,3)40-29(34)33(7)28-13-10-23(22-32-28)27-21-24-20-25(11-12-26(24)39-27)37-18-16-35-14-15-36-17-19-38-41(8,9)31(4,5)6/h10-13,20-22H,14-19H2,1-9H3. The zero-order valence-electron chi connectivity index (χ0n) is 26.0. The molecule has 3 rings (SSSR count). The van der Waals surface area contributed by atoms with E-state index in [2.05, 4.69) is 38.8 Å². The molecule has 2 aromatic heterocycles. The van der Waals surface area contributed by atoms with Gasteiger partial charge in [-0.2, -0.15) is 0 Å². The third-order valence-corrected chi connectivity index (χ3v) is 11.4. The molecular formula is C31H46N2O7Si. The first kappa shape index (κ1) is 32.6. The van der Waals surface area contributed by atoms with Crippen LogP contribution < -0.4 is 9.64 Å². The molecule has 0 aliphatic carbocycles. The number of benzene rings is 1. The number of carbonyl (C=O) groups excluding carboxylic acids is 1. The third kappa shape index (κ3) is 9.84. The van der Waals surface area contributed by atoms with Crippen LogP contribution in [0.1, 0.15) is 41.5 Å². The van der Waals surface area contributed by atoms with Crippen molar-refractivity contribution in [1.82, 2.24) is 4.98 Å². The molecule has 0 aliphatic heterocycles. The number of ether oxygens (including phenoxy) is 4. The molecule has 1 amide bonds. The molecule has 2 heterocycles. The van der Waals surface area contributed by atoms with Crippen molar-refractivity contribution in [1.29, 1.82) is 0 Å². The van der Waals surface area contributed by atoms with Crippen molar-refractivity contribution < 1.29 is 32.6 Å². The van der Waals surface area contributed by atoms with E-state index in [9.17, 15) is 4.79 Å². The van der Waals surface area contributed by atoms with Gasteiger partial charge in [-0.25, -0.2) is 9.78 Å². The summed E-state index contributed by atoms with van der Waals surface area (Å²) in [5.74, 6) is 1.90. The first-order chi connectivity index (χ1) is 19.2. The molecule has 0 N–H and O–H groups in total. The normalized spacial score (nSPS) is 12.5. The maximum Gasteiger partial charge on any atom is 0.415 e. The number of anilines is 1. The van der Waals surface area contributed by atoms with E-state index >= 15 is 0 Å². The van der Waals surface area contributed by atoms with E-state index in [0.29, 0.717) is 51.2 Å². The van der Waals surface area contributed by atoms with Crippen LogP contribution in [0.2, 0.25) is 18.1 Å². The zero-order valence-corrected chi connectivity index (χ0v) is 27.0. The summed E-state index contributed by atoms with van der Waals surface area (Å²) in [4.78, 5) is 18.1. The molecule has 0 bridgehead atoms. The van der Waals surface area contributed by atoms with Gasteiger partial charge in [-0.05, 0) is 75.3 Å². The Balaban J connectivity index is 1.40. The minimum atomic E-state index is -1.72. The molecule has 3 aromatic rings. The average molecular weight is 587 g/mol. The summed E-state index contributed by atoms with van der Waals surface area (Å²) in [5, 5.41) is 1.12. The Hall–Kier alpha value is -2.92. The lowest BCUT2D eigenvalue weighted by atomic mass is 10.2. The second-order valence-electron chi connectivity index (χ2n) is 12.4. The molecule has 0 saturated heterocycles. The van der Waals surface area contributed by atoms with Gasteiger partial charge in [-0.3, -0.25) is 4.90 Å². The van der Waals surface area contributed by atoms with Crippen molar-refractivity contribution >= 4 is 31.2 Å². The Morgan fingerprint density at radius 2 is 1.56 bits per heavy atom. The predicted molar refractivity (Wildman–Crippen MR) is 164 cm³/mol. The minimum Gasteiger partial charge on any atom is -0.491 e. The van der Waals surface area contributed by atoms with Gasteiger partial charge in [0.15, 0.2) is 8.32 Å². The second kappa shape index (κ2) is 13.8. The quantitative estimate of drug-likeness (QED) is 0.152. The lowest BCUT2D eigenvalue weighted by molar-refractivity contribution is 0.0260. The van der Waals surface area contributed by atoms with Crippen molar-refractivity contribution in [2.24, 2.45) is 0 Å². The first-order valence-electron chi connectivity index (χ1n) is 14.1. The maximum absolute atomic E-state index is 12.3. The Morgan fingerprint density at radius 3 is 2.17 bits per heavy atom. The molecule has 0 aliphatic rings. The average Bonchev–Trinajstić information content (AvgIpc) is 3.31. The van der Waals surface area contributed by atoms with Crippen molar-refractivity contribution in [3.63, 3.8) is 0 Å². The molecule has 0 saturated carbocycles. The summed E-state index contributed by atoms with van der Waals surface area (Å²) in [6.45, 7) is 19.8. The van der Waals surface area contributed by atoms with Crippen LogP contribution in [0.25, 0.3) is 22.3 Å². The number of amides is 1. The number of pyridine rings is 1. The summed E-state index contributed by atoms with van der Waals surface area (Å²) >= 11 is 0. The fourth-order valence-electron chi connectivity index (χ4n) is 3.52. The van der Waals surface area contributed by atoms with Gasteiger partial charge in [-0.15, -0.1) is 0 Å². The van der Waals surface area contributed by atoms with E-state index in [0.717, 1.165) is 22.3 Å². The van der Waals surface area contributed by atoms with Gasteiger partial charge in [0, 0.05) is 24.2 Å². The van der Waals surface area contributed by atoms with Crippen molar-refractivity contribution in [3.8, 4) is 17.1 Å². The van der Waals surface area contributed by atoms with Crippen LogP contribution in [0.15, 0.2) is 47.0 Å². The highest BCUT2D eigenvalue weighted by Gasteiger charge is 2.36. The molecular weight excluding hydrogens is 540 g/mol. The van der Waals surface area contributed by atoms with E-state index in [-0.39, 0.29) is 5.04 Å². The van der Waals surface area contributed by atoms with Gasteiger partial charge in [0.25, 0.3) is 0 Å². The molecule has 9 nitrogen and oxygen atoms in total. The Bertz CT molecular complexity index is 1260. The number of hydrogen-bond acceptors (Lipinski definition) is 8. The van der Waals surface area contributed by atoms with Crippen LogP contribution in [0, 0.1) is 0 Å². The molecule has 0 unspecified atom stereocenters. The van der Waals surface area contributed by atoms with Crippen molar-refractivity contribution in [3.05, 3.63) is 42.6 Å². The van der Waals surface area contributed by atoms with Crippen LogP contribution in [0.4, 0.5) is 10.6 Å². The Morgan fingerprint density at radius 1 is 0.902 bits per heavy atom. The first-order valence-corrected chi connectivity index (χ1v) is 17.0. The van der Waals surface area contributed by atoms with E-state index in [1.165, 1.54) is 4.90 Å². The minimum absolute atomic E-state index is 0.202. The van der Waals surface area contributed by atoms with Gasteiger partial charge in [0.1, 0.15) is 35.1 Å². The summed E-state index contributed by atoms with van der Waals surface area (Å²) < 4.78 is 34.6. The lowest BCUT2D eigenvalue weighted by Crippen LogP contribution is -2.41. The van der Waals surface area contributed by atoms with Crippen molar-refractivity contribution in [2.45, 2.75) is 65.3 Å². The highest BCUT2D eigenvalue weighted by Crippen LogP contribution is 2.36. The Labute approximate surface area is 245 Å². The van der Waals surface area contributed by atoms with Gasteiger partial charge in [0.2, 0.25) is 0 Å². The number of hydrogen-bond donors (Lipinski definition) is 0. The largest absolute Gasteiger partial charge is 0.491 e. The number of fused-ring (bicyclic) bond motifs is 1. The van der Waals surface area contributed by atoms with E-state index in [1.54, 1.807) is 19.3 Å². The third-order valence-electron chi connectivity index (χ3n) is 6.90. The van der Waals surface area contributed by atoms with Crippen LogP contribution in [-0.2, 0) is 18.6 Å². The van der Waals surface area contributed by atoms with Crippen LogP contribution in [-0.4, -0.2) is 71.7 Å². The summed E-state index contributed by atoms with van der Waals surface area (Å²) in [7, 11) is -0.0946. The number of carbonyl (C=O) groups is 1. The monoisotopic (exact) mass is 586 g/mol. The van der Waals surface area contributed by atoms with Gasteiger partial charge >= 0.3 is 6.09 Å². The van der Waals surface area contributed by atoms with Gasteiger partial charge in [0.05, 0.1) is 33.0 Å². The number of aromatic nitrogens is 1. The van der Waals surface area contributed by atoms with E-state index in [4.69, 9.17) is 27.8 Å². The van der Waals surface area contributed by atoms with Crippen LogP contribution >= 0.6 is 0 Å². The van der Waals surface area contributed by atoms with Gasteiger partial charge < -0.3 is 27.8 Å². The van der Waals surface area contributed by atoms with Crippen molar-refractivity contribution in [2.75, 3.05) is 51.6 Å². The topological polar surface area (TPSA) is 92.5 Å². The zero-order chi connectivity index (χ0) is 30.3. The van der Waals surface area contributed by atoms with Crippen LogP contribution in [0.5, 0.6) is 5.75 Å². The number of furan rings is 1. The van der Waals surface area contributed by atoms with Crippen LogP contribution in [0.3, 0.4) is 0 Å². The van der Waals surface area contributed by atoms with E-state index < -0.39 is 20.0 Å². The second-order valence-corrected chi connectivity index (χ2v) is 17.2. The summed E-state index contributed by atoms with van der Waals surface area (Å²) in [5.41, 5.74) is 0.963. The number of nitrogens with zero attached hydrogens (tertiary/aromatic N) is 2. The molecule has 41 heavy (non-hydrogen) atoms. The summed E-state index contributed by atoms with van der Waals surface area (Å²) in [6, 6.07) is 11.3.